The monoisotopic (exact) mass is 223 g/mol. The molecule has 3 heteroatoms. The average Bonchev–Trinajstić information content (AvgIpc) is 2.25. The van der Waals surface area contributed by atoms with Gasteiger partial charge >= 0.3 is 0 Å². The molecule has 0 rings (SSSR count). The van der Waals surface area contributed by atoms with E-state index in [-0.39, 0.29) is 5.91 Å². The number of hydrogen-bond acceptors (Lipinski definition) is 2. The Labute approximate surface area is 97.6 Å². The molecule has 0 aliphatic heterocycles. The van der Waals surface area contributed by atoms with Gasteiger partial charge in [0.05, 0.1) is 0 Å². The van der Waals surface area contributed by atoms with Crippen molar-refractivity contribution in [1.82, 2.24) is 5.32 Å². The minimum atomic E-state index is -0.0637. The predicted octanol–water partition coefficient (Wildman–Crippen LogP) is 2.24. The van der Waals surface area contributed by atoms with Crippen molar-refractivity contribution in [1.29, 1.82) is 0 Å². The Kier molecular flexibility index (Phi) is 9.27. The Balaban J connectivity index is 3.58. The molecule has 1 N–H and O–H groups in total. The van der Waals surface area contributed by atoms with Gasteiger partial charge in [0, 0.05) is 19.0 Å². The molecule has 0 fully saturated rings. The lowest BCUT2D eigenvalue weighted by atomic mass is 10.2. The zero-order valence-corrected chi connectivity index (χ0v) is 10.1. The van der Waals surface area contributed by atoms with Crippen LogP contribution in [-0.4, -0.2) is 18.7 Å². The normalized spacial score (nSPS) is 11.4. The molecule has 0 aliphatic carbocycles. The first-order valence-corrected chi connectivity index (χ1v) is 5.71. The summed E-state index contributed by atoms with van der Waals surface area (Å²) in [6, 6.07) is 0. The second-order valence-electron chi connectivity index (χ2n) is 4.02. The molecule has 0 aliphatic rings. The van der Waals surface area contributed by atoms with E-state index in [4.69, 9.17) is 0 Å². The fourth-order valence-corrected chi connectivity index (χ4v) is 1.00. The number of rotatable bonds is 8. The van der Waals surface area contributed by atoms with Crippen LogP contribution >= 0.6 is 0 Å². The van der Waals surface area contributed by atoms with E-state index < -0.39 is 0 Å². The molecule has 0 atom stereocenters. The van der Waals surface area contributed by atoms with Crippen LogP contribution < -0.4 is 5.32 Å². The SMILES string of the molecule is CC(C)CNC(=O)/C=C/C=C/CCCC=O. The Morgan fingerprint density at radius 2 is 2.00 bits per heavy atom. The molecule has 0 radical (unpaired) electrons. The summed E-state index contributed by atoms with van der Waals surface area (Å²) < 4.78 is 0. The maximum absolute atomic E-state index is 11.2. The van der Waals surface area contributed by atoms with Crippen LogP contribution in [0.2, 0.25) is 0 Å². The summed E-state index contributed by atoms with van der Waals surface area (Å²) in [5.74, 6) is 0.405. The van der Waals surface area contributed by atoms with E-state index >= 15 is 0 Å². The summed E-state index contributed by atoms with van der Waals surface area (Å²) in [5, 5.41) is 2.79. The van der Waals surface area contributed by atoms with Crippen molar-refractivity contribution >= 4 is 12.2 Å². The molecular formula is C13H21NO2. The van der Waals surface area contributed by atoms with Crippen molar-refractivity contribution in [2.75, 3.05) is 6.54 Å². The summed E-state index contributed by atoms with van der Waals surface area (Å²) in [5.41, 5.74) is 0. The van der Waals surface area contributed by atoms with Crippen LogP contribution in [0, 0.1) is 5.92 Å². The van der Waals surface area contributed by atoms with Crippen molar-refractivity contribution in [2.45, 2.75) is 33.1 Å². The van der Waals surface area contributed by atoms with Gasteiger partial charge in [-0.15, -0.1) is 0 Å². The van der Waals surface area contributed by atoms with Crippen LogP contribution in [0.25, 0.3) is 0 Å². The molecule has 0 spiro atoms. The number of aldehydes is 1. The molecular weight excluding hydrogens is 202 g/mol. The third kappa shape index (κ3) is 10.7. The molecule has 90 valence electrons. The molecule has 0 saturated heterocycles. The highest BCUT2D eigenvalue weighted by Gasteiger charge is 1.95. The molecule has 0 aromatic heterocycles. The second kappa shape index (κ2) is 10.1. The maximum Gasteiger partial charge on any atom is 0.243 e. The minimum Gasteiger partial charge on any atom is -0.352 e. The van der Waals surface area contributed by atoms with Crippen LogP contribution in [-0.2, 0) is 9.59 Å². The van der Waals surface area contributed by atoms with Gasteiger partial charge in [0.15, 0.2) is 0 Å². The number of unbranched alkanes of at least 4 members (excludes halogenated alkanes) is 2. The van der Waals surface area contributed by atoms with Crippen molar-refractivity contribution in [3.8, 4) is 0 Å². The van der Waals surface area contributed by atoms with Crippen molar-refractivity contribution in [3.63, 3.8) is 0 Å². The first-order valence-electron chi connectivity index (χ1n) is 5.71. The van der Waals surface area contributed by atoms with Gasteiger partial charge in [0.2, 0.25) is 5.91 Å². The van der Waals surface area contributed by atoms with E-state index in [0.29, 0.717) is 18.9 Å². The molecule has 0 unspecified atom stereocenters. The highest BCUT2D eigenvalue weighted by atomic mass is 16.1. The topological polar surface area (TPSA) is 46.2 Å². The summed E-state index contributed by atoms with van der Waals surface area (Å²) in [6.45, 7) is 4.81. The number of carbonyl (C=O) groups excluding carboxylic acids is 2. The summed E-state index contributed by atoms with van der Waals surface area (Å²) in [4.78, 5) is 21.2. The zero-order valence-electron chi connectivity index (χ0n) is 10.1. The number of nitrogens with one attached hydrogen (secondary N) is 1. The molecule has 1 amide bonds. The highest BCUT2D eigenvalue weighted by Crippen LogP contribution is 1.94. The number of hydrogen-bond donors (Lipinski definition) is 1. The van der Waals surface area contributed by atoms with Gasteiger partial charge in [0.25, 0.3) is 0 Å². The molecule has 0 aromatic carbocycles. The predicted molar refractivity (Wildman–Crippen MR) is 66.0 cm³/mol. The Bertz CT molecular complexity index is 255. The van der Waals surface area contributed by atoms with E-state index in [1.54, 1.807) is 6.08 Å². The van der Waals surface area contributed by atoms with E-state index in [1.165, 1.54) is 6.08 Å². The Morgan fingerprint density at radius 3 is 2.62 bits per heavy atom. The van der Waals surface area contributed by atoms with E-state index in [2.05, 4.69) is 19.2 Å². The lowest BCUT2D eigenvalue weighted by Gasteiger charge is -2.03. The number of allylic oxidation sites excluding steroid dienone is 3. The van der Waals surface area contributed by atoms with E-state index in [9.17, 15) is 9.59 Å². The molecule has 3 nitrogen and oxygen atoms in total. The van der Waals surface area contributed by atoms with Crippen LogP contribution in [0.15, 0.2) is 24.3 Å². The van der Waals surface area contributed by atoms with Gasteiger partial charge < -0.3 is 10.1 Å². The lowest BCUT2D eigenvalue weighted by Crippen LogP contribution is -2.25. The number of carbonyl (C=O) groups is 2. The zero-order chi connectivity index (χ0) is 12.2. The number of amides is 1. The van der Waals surface area contributed by atoms with Crippen LogP contribution in [0.5, 0.6) is 0 Å². The summed E-state index contributed by atoms with van der Waals surface area (Å²) in [6.07, 6.45) is 10.3. The third-order valence-electron chi connectivity index (χ3n) is 1.87. The quantitative estimate of drug-likeness (QED) is 0.297. The van der Waals surface area contributed by atoms with Crippen molar-refractivity contribution in [2.24, 2.45) is 5.92 Å². The van der Waals surface area contributed by atoms with Gasteiger partial charge in [-0.05, 0) is 18.8 Å². The fourth-order valence-electron chi connectivity index (χ4n) is 1.00. The standard InChI is InChI=1S/C13H21NO2/c1-12(2)11-14-13(16)9-7-5-3-4-6-8-10-15/h3,5,7,9-10,12H,4,6,8,11H2,1-2H3,(H,14,16)/b5-3+,9-7+. The lowest BCUT2D eigenvalue weighted by molar-refractivity contribution is -0.116. The molecule has 0 bridgehead atoms. The second-order valence-corrected chi connectivity index (χ2v) is 4.02. The first kappa shape index (κ1) is 14.6. The maximum atomic E-state index is 11.2. The Morgan fingerprint density at radius 1 is 1.25 bits per heavy atom. The van der Waals surface area contributed by atoms with Gasteiger partial charge in [-0.1, -0.05) is 32.1 Å². The van der Waals surface area contributed by atoms with Gasteiger partial charge in [-0.25, -0.2) is 0 Å². The van der Waals surface area contributed by atoms with Crippen LogP contribution in [0.3, 0.4) is 0 Å². The Hall–Kier alpha value is -1.38. The fraction of sp³-hybridized carbons (Fsp3) is 0.538. The van der Waals surface area contributed by atoms with Gasteiger partial charge in [-0.3, -0.25) is 4.79 Å². The van der Waals surface area contributed by atoms with Gasteiger partial charge in [-0.2, -0.15) is 0 Å². The van der Waals surface area contributed by atoms with Gasteiger partial charge in [0.1, 0.15) is 6.29 Å². The third-order valence-corrected chi connectivity index (χ3v) is 1.87. The van der Waals surface area contributed by atoms with E-state index in [0.717, 1.165) is 19.1 Å². The smallest absolute Gasteiger partial charge is 0.243 e. The summed E-state index contributed by atoms with van der Waals surface area (Å²) >= 11 is 0. The first-order chi connectivity index (χ1) is 7.66. The summed E-state index contributed by atoms with van der Waals surface area (Å²) in [7, 11) is 0. The molecule has 0 heterocycles. The molecule has 16 heavy (non-hydrogen) atoms. The average molecular weight is 223 g/mol. The molecule has 0 aromatic rings. The largest absolute Gasteiger partial charge is 0.352 e. The van der Waals surface area contributed by atoms with Crippen LogP contribution in [0.4, 0.5) is 0 Å². The molecule has 0 saturated carbocycles. The highest BCUT2D eigenvalue weighted by molar-refractivity contribution is 5.87. The minimum absolute atomic E-state index is 0.0637. The van der Waals surface area contributed by atoms with E-state index in [1.807, 2.05) is 12.2 Å². The van der Waals surface area contributed by atoms with Crippen LogP contribution in [0.1, 0.15) is 33.1 Å². The van der Waals surface area contributed by atoms with Crippen molar-refractivity contribution < 1.29 is 9.59 Å². The van der Waals surface area contributed by atoms with Crippen molar-refractivity contribution in [3.05, 3.63) is 24.3 Å².